The first-order valence-corrected chi connectivity index (χ1v) is 7.41. The Hall–Kier alpha value is -2.79. The number of nitrogens with one attached hydrogen (secondary N) is 1. The molecule has 0 saturated heterocycles. The van der Waals surface area contributed by atoms with Gasteiger partial charge in [0, 0.05) is 11.1 Å². The second kappa shape index (κ2) is 6.14. The predicted octanol–water partition coefficient (Wildman–Crippen LogP) is 3.68. The largest absolute Gasteiger partial charge is 0.366 e. The number of carbonyl (C=O) groups excluding carboxylic acids is 1. The summed E-state index contributed by atoms with van der Waals surface area (Å²) in [5.74, 6) is 0.251. The summed E-state index contributed by atoms with van der Waals surface area (Å²) in [6, 6.07) is 16.3. The molecule has 3 rings (SSSR count). The number of nitrogens with zero attached hydrogens (tertiary/aromatic N) is 2. The van der Waals surface area contributed by atoms with E-state index in [9.17, 15) is 4.79 Å². The highest BCUT2D eigenvalue weighted by Gasteiger charge is 2.12. The molecule has 0 aliphatic rings. The Morgan fingerprint density at radius 1 is 1.17 bits per heavy atom. The molecule has 0 fully saturated rings. The van der Waals surface area contributed by atoms with E-state index < -0.39 is 5.91 Å². The Balaban J connectivity index is 2.02. The monoisotopic (exact) mass is 326 g/mol. The molecule has 0 unspecified atom stereocenters. The van der Waals surface area contributed by atoms with Crippen molar-refractivity contribution in [1.82, 2.24) is 9.78 Å². The quantitative estimate of drug-likeness (QED) is 0.768. The lowest BCUT2D eigenvalue weighted by Crippen LogP contribution is -2.13. The molecular formula is C17H15ClN4O. The van der Waals surface area contributed by atoms with E-state index in [0.29, 0.717) is 16.3 Å². The maximum absolute atomic E-state index is 11.6. The molecule has 6 heteroatoms. The average Bonchev–Trinajstić information content (AvgIpc) is 2.89. The molecule has 3 aromatic rings. The van der Waals surface area contributed by atoms with E-state index in [2.05, 4.69) is 10.4 Å². The van der Waals surface area contributed by atoms with Gasteiger partial charge in [-0.15, -0.1) is 0 Å². The van der Waals surface area contributed by atoms with E-state index in [1.54, 1.807) is 35.0 Å². The highest BCUT2D eigenvalue weighted by Crippen LogP contribution is 2.24. The predicted molar refractivity (Wildman–Crippen MR) is 91.6 cm³/mol. The molecule has 0 bridgehead atoms. The summed E-state index contributed by atoms with van der Waals surface area (Å²) in [4.78, 5) is 11.6. The van der Waals surface area contributed by atoms with Crippen LogP contribution in [0.25, 0.3) is 5.69 Å². The number of hydrogen-bond donors (Lipinski definition) is 2. The van der Waals surface area contributed by atoms with Gasteiger partial charge in [0.25, 0.3) is 5.91 Å². The van der Waals surface area contributed by atoms with Gasteiger partial charge in [0.1, 0.15) is 5.82 Å². The summed E-state index contributed by atoms with van der Waals surface area (Å²) < 4.78 is 1.75. The number of hydrogen-bond acceptors (Lipinski definition) is 3. The van der Waals surface area contributed by atoms with Crippen LogP contribution in [0.2, 0.25) is 5.02 Å². The van der Waals surface area contributed by atoms with Crippen LogP contribution in [0.5, 0.6) is 0 Å². The first-order valence-electron chi connectivity index (χ1n) is 7.03. The number of amides is 1. The van der Waals surface area contributed by atoms with Crippen molar-refractivity contribution < 1.29 is 4.79 Å². The molecular weight excluding hydrogens is 312 g/mol. The van der Waals surface area contributed by atoms with E-state index in [-0.39, 0.29) is 0 Å². The first-order chi connectivity index (χ1) is 11.0. The molecule has 0 aliphatic heterocycles. The van der Waals surface area contributed by atoms with Crippen molar-refractivity contribution in [2.75, 3.05) is 5.32 Å². The smallest absolute Gasteiger partial charge is 0.250 e. The fraction of sp³-hybridized carbons (Fsp3) is 0.0588. The van der Waals surface area contributed by atoms with Crippen molar-refractivity contribution in [2.24, 2.45) is 5.73 Å². The highest BCUT2D eigenvalue weighted by molar-refractivity contribution is 6.30. The standard InChI is InChI=1S/C17H15ClN4O/c1-11-10-16(20-15-5-3-2-4-14(15)17(19)23)22(21-11)13-8-6-12(18)7-9-13/h2-10,20H,1H3,(H2,19,23). The fourth-order valence-electron chi connectivity index (χ4n) is 2.31. The average molecular weight is 327 g/mol. The van der Waals surface area contributed by atoms with Gasteiger partial charge in [0.2, 0.25) is 0 Å². The number of nitrogens with two attached hydrogens (primary N) is 1. The van der Waals surface area contributed by atoms with Crippen LogP contribution in [0.3, 0.4) is 0 Å². The van der Waals surface area contributed by atoms with E-state index in [4.69, 9.17) is 17.3 Å². The highest BCUT2D eigenvalue weighted by atomic mass is 35.5. The zero-order valence-electron chi connectivity index (χ0n) is 12.5. The lowest BCUT2D eigenvalue weighted by Gasteiger charge is -2.12. The van der Waals surface area contributed by atoms with Gasteiger partial charge in [-0.1, -0.05) is 23.7 Å². The Kier molecular flexibility index (Phi) is 4.04. The summed E-state index contributed by atoms with van der Waals surface area (Å²) in [6.45, 7) is 1.90. The lowest BCUT2D eigenvalue weighted by atomic mass is 10.1. The lowest BCUT2D eigenvalue weighted by molar-refractivity contribution is 0.100. The van der Waals surface area contributed by atoms with Gasteiger partial charge in [0.15, 0.2) is 0 Å². The molecule has 116 valence electrons. The summed E-state index contributed by atoms with van der Waals surface area (Å²) in [7, 11) is 0. The minimum absolute atomic E-state index is 0.425. The molecule has 0 spiro atoms. The number of primary amides is 1. The van der Waals surface area contributed by atoms with Gasteiger partial charge >= 0.3 is 0 Å². The Morgan fingerprint density at radius 3 is 2.57 bits per heavy atom. The molecule has 3 N–H and O–H groups in total. The SMILES string of the molecule is Cc1cc(Nc2ccccc2C(N)=O)n(-c2ccc(Cl)cc2)n1. The zero-order chi connectivity index (χ0) is 16.4. The number of para-hydroxylation sites is 1. The number of aromatic nitrogens is 2. The maximum atomic E-state index is 11.6. The molecule has 5 nitrogen and oxygen atoms in total. The van der Waals surface area contributed by atoms with Crippen molar-refractivity contribution in [3.63, 3.8) is 0 Å². The van der Waals surface area contributed by atoms with Crippen molar-refractivity contribution in [1.29, 1.82) is 0 Å². The van der Waals surface area contributed by atoms with Crippen LogP contribution in [-0.2, 0) is 0 Å². The third-order valence-corrected chi connectivity index (χ3v) is 3.61. The van der Waals surface area contributed by atoms with Gasteiger partial charge in [-0.05, 0) is 43.3 Å². The van der Waals surface area contributed by atoms with Gasteiger partial charge in [-0.3, -0.25) is 4.79 Å². The van der Waals surface area contributed by atoms with Crippen molar-refractivity contribution in [3.05, 3.63) is 70.9 Å². The third kappa shape index (κ3) is 3.19. The summed E-state index contributed by atoms with van der Waals surface area (Å²) in [5.41, 5.74) is 8.19. The third-order valence-electron chi connectivity index (χ3n) is 3.36. The molecule has 23 heavy (non-hydrogen) atoms. The van der Waals surface area contributed by atoms with E-state index in [0.717, 1.165) is 17.2 Å². The van der Waals surface area contributed by atoms with Gasteiger partial charge < -0.3 is 11.1 Å². The number of halogens is 1. The number of rotatable bonds is 4. The molecule has 1 heterocycles. The molecule has 0 atom stereocenters. The van der Waals surface area contributed by atoms with Crippen LogP contribution in [0.4, 0.5) is 11.5 Å². The van der Waals surface area contributed by atoms with Crippen molar-refractivity contribution in [3.8, 4) is 5.69 Å². The van der Waals surface area contributed by atoms with Gasteiger partial charge in [-0.2, -0.15) is 5.10 Å². The Bertz CT molecular complexity index is 855. The summed E-state index contributed by atoms with van der Waals surface area (Å²) in [6.07, 6.45) is 0. The van der Waals surface area contributed by atoms with Crippen LogP contribution in [0.15, 0.2) is 54.6 Å². The van der Waals surface area contributed by atoms with Crippen LogP contribution in [-0.4, -0.2) is 15.7 Å². The van der Waals surface area contributed by atoms with Crippen LogP contribution < -0.4 is 11.1 Å². The van der Waals surface area contributed by atoms with Crippen LogP contribution in [0, 0.1) is 6.92 Å². The van der Waals surface area contributed by atoms with Crippen molar-refractivity contribution >= 4 is 29.0 Å². The molecule has 0 saturated carbocycles. The van der Waals surface area contributed by atoms with E-state index in [1.807, 2.05) is 31.2 Å². The summed E-state index contributed by atoms with van der Waals surface area (Å²) in [5, 5.41) is 8.36. The van der Waals surface area contributed by atoms with Crippen LogP contribution in [0.1, 0.15) is 16.1 Å². The molecule has 1 aromatic heterocycles. The maximum Gasteiger partial charge on any atom is 0.250 e. The number of carbonyl (C=O) groups is 1. The summed E-state index contributed by atoms with van der Waals surface area (Å²) >= 11 is 5.93. The fourth-order valence-corrected chi connectivity index (χ4v) is 2.44. The number of anilines is 2. The van der Waals surface area contributed by atoms with E-state index in [1.165, 1.54) is 0 Å². The topological polar surface area (TPSA) is 72.9 Å². The zero-order valence-corrected chi connectivity index (χ0v) is 13.2. The second-order valence-electron chi connectivity index (χ2n) is 5.09. The normalized spacial score (nSPS) is 10.5. The number of benzene rings is 2. The minimum atomic E-state index is -0.484. The van der Waals surface area contributed by atoms with Gasteiger partial charge in [0.05, 0.1) is 22.6 Å². The Labute approximate surface area is 138 Å². The molecule has 0 aliphatic carbocycles. The number of aryl methyl sites for hydroxylation is 1. The van der Waals surface area contributed by atoms with Crippen LogP contribution >= 0.6 is 11.6 Å². The molecule has 2 aromatic carbocycles. The van der Waals surface area contributed by atoms with E-state index >= 15 is 0 Å². The van der Waals surface area contributed by atoms with Gasteiger partial charge in [-0.25, -0.2) is 4.68 Å². The first kappa shape index (κ1) is 15.1. The second-order valence-corrected chi connectivity index (χ2v) is 5.53. The minimum Gasteiger partial charge on any atom is -0.366 e. The molecule has 1 amide bonds. The van der Waals surface area contributed by atoms with Crippen molar-refractivity contribution in [2.45, 2.75) is 6.92 Å². The molecule has 0 radical (unpaired) electrons. The Morgan fingerprint density at radius 2 is 1.87 bits per heavy atom.